The van der Waals surface area contributed by atoms with Crippen LogP contribution in [-0.4, -0.2) is 38.5 Å². The van der Waals surface area contributed by atoms with Crippen LogP contribution in [0.5, 0.6) is 0 Å². The predicted octanol–water partition coefficient (Wildman–Crippen LogP) is 1.86. The van der Waals surface area contributed by atoms with Crippen molar-refractivity contribution in [3.05, 3.63) is 47.4 Å². The molecule has 2 aromatic heterocycles. The first-order valence-corrected chi connectivity index (χ1v) is 7.98. The van der Waals surface area contributed by atoms with Gasteiger partial charge in [-0.25, -0.2) is 0 Å². The number of benzene rings is 1. The molecule has 0 bridgehead atoms. The zero-order valence-electron chi connectivity index (χ0n) is 13.6. The molecule has 1 fully saturated rings. The molecule has 0 saturated carbocycles. The Morgan fingerprint density at radius 3 is 3.12 bits per heavy atom. The van der Waals surface area contributed by atoms with Crippen LogP contribution in [0.25, 0.3) is 10.9 Å². The molecule has 0 radical (unpaired) electrons. The smallest absolute Gasteiger partial charge is 0.252 e. The van der Waals surface area contributed by atoms with Crippen LogP contribution in [0, 0.1) is 6.92 Å². The zero-order chi connectivity index (χ0) is 16.7. The summed E-state index contributed by atoms with van der Waals surface area (Å²) in [5, 5.41) is 15.2. The molecule has 124 valence electrons. The second-order valence-electron chi connectivity index (χ2n) is 6.14. The number of hydrogen-bond donors (Lipinski definition) is 2. The van der Waals surface area contributed by atoms with Crippen LogP contribution < -0.4 is 5.32 Å². The average Bonchev–Trinajstić information content (AvgIpc) is 3.26. The van der Waals surface area contributed by atoms with E-state index in [0.29, 0.717) is 12.2 Å². The normalized spacial score (nSPS) is 20.6. The summed E-state index contributed by atoms with van der Waals surface area (Å²) < 4.78 is 7.64. The third kappa shape index (κ3) is 2.46. The van der Waals surface area contributed by atoms with Crippen molar-refractivity contribution >= 4 is 16.8 Å². The summed E-state index contributed by atoms with van der Waals surface area (Å²) in [6.45, 7) is 2.59. The van der Waals surface area contributed by atoms with Gasteiger partial charge in [-0.2, -0.15) is 10.2 Å². The molecule has 1 aliphatic rings. The molecule has 1 aliphatic heterocycles. The van der Waals surface area contributed by atoms with Crippen LogP contribution in [0.3, 0.4) is 0 Å². The first-order valence-electron chi connectivity index (χ1n) is 7.98. The minimum atomic E-state index is -0.161. The van der Waals surface area contributed by atoms with Crippen LogP contribution in [0.4, 0.5) is 0 Å². The third-order valence-corrected chi connectivity index (χ3v) is 4.50. The highest BCUT2D eigenvalue weighted by atomic mass is 16.5. The minimum Gasteiger partial charge on any atom is -0.371 e. The molecule has 0 aliphatic carbocycles. The molecule has 0 unspecified atom stereocenters. The van der Waals surface area contributed by atoms with E-state index in [1.54, 1.807) is 10.9 Å². The molecular formula is C17H19N5O2. The number of amides is 1. The molecule has 2 N–H and O–H groups in total. The van der Waals surface area contributed by atoms with Crippen molar-refractivity contribution in [1.82, 2.24) is 25.3 Å². The third-order valence-electron chi connectivity index (χ3n) is 4.50. The van der Waals surface area contributed by atoms with Gasteiger partial charge in [0.1, 0.15) is 6.10 Å². The molecule has 1 saturated heterocycles. The van der Waals surface area contributed by atoms with Gasteiger partial charge in [-0.3, -0.25) is 14.6 Å². The van der Waals surface area contributed by atoms with E-state index in [-0.39, 0.29) is 18.1 Å². The quantitative estimate of drug-likeness (QED) is 0.770. The summed E-state index contributed by atoms with van der Waals surface area (Å²) in [6, 6.07) is 5.50. The van der Waals surface area contributed by atoms with Gasteiger partial charge in [0.2, 0.25) is 0 Å². The van der Waals surface area contributed by atoms with Crippen molar-refractivity contribution in [3.63, 3.8) is 0 Å². The fourth-order valence-corrected chi connectivity index (χ4v) is 3.35. The standard InChI is InChI=1S/C17H19N5O2/c1-10-13(9-22(2)21-10)16-15(6-7-24-16)19-17(23)11-4-3-5-14-12(11)8-18-20-14/h3-5,8-9,15-16H,6-7H2,1-2H3,(H,18,20)(H,19,23)/t15-,16+/m0/s1. The van der Waals surface area contributed by atoms with Gasteiger partial charge in [0.05, 0.1) is 29.0 Å². The number of aromatic nitrogens is 4. The molecule has 7 heteroatoms. The van der Waals surface area contributed by atoms with E-state index >= 15 is 0 Å². The van der Waals surface area contributed by atoms with Gasteiger partial charge in [0, 0.05) is 30.8 Å². The minimum absolute atomic E-state index is 0.0671. The fraction of sp³-hybridized carbons (Fsp3) is 0.353. The predicted molar refractivity (Wildman–Crippen MR) is 88.6 cm³/mol. The van der Waals surface area contributed by atoms with E-state index in [0.717, 1.165) is 28.6 Å². The number of carbonyl (C=O) groups excluding carboxylic acids is 1. The highest BCUT2D eigenvalue weighted by Crippen LogP contribution is 2.31. The number of aromatic amines is 1. The van der Waals surface area contributed by atoms with E-state index < -0.39 is 0 Å². The Kier molecular flexibility index (Phi) is 3.57. The molecule has 3 aromatic rings. The Bertz CT molecular complexity index is 897. The summed E-state index contributed by atoms with van der Waals surface area (Å²) in [7, 11) is 1.89. The average molecular weight is 325 g/mol. The molecule has 4 rings (SSSR count). The Morgan fingerprint density at radius 1 is 1.46 bits per heavy atom. The summed E-state index contributed by atoms with van der Waals surface area (Å²) in [6.07, 6.45) is 4.26. The number of H-pyrrole nitrogens is 1. The first kappa shape index (κ1) is 14.9. The van der Waals surface area contributed by atoms with Gasteiger partial charge >= 0.3 is 0 Å². The largest absolute Gasteiger partial charge is 0.371 e. The maximum Gasteiger partial charge on any atom is 0.252 e. The van der Waals surface area contributed by atoms with Gasteiger partial charge < -0.3 is 10.1 Å². The van der Waals surface area contributed by atoms with Gasteiger partial charge in [0.15, 0.2) is 0 Å². The molecular weight excluding hydrogens is 306 g/mol. The molecule has 1 aromatic carbocycles. The second kappa shape index (κ2) is 5.76. The number of aryl methyl sites for hydroxylation is 2. The van der Waals surface area contributed by atoms with Crippen molar-refractivity contribution in [2.75, 3.05) is 6.61 Å². The number of carbonyl (C=O) groups is 1. The lowest BCUT2D eigenvalue weighted by atomic mass is 10.0. The number of rotatable bonds is 3. The van der Waals surface area contributed by atoms with Gasteiger partial charge in [-0.05, 0) is 25.5 Å². The Balaban J connectivity index is 1.59. The number of ether oxygens (including phenoxy) is 1. The maximum absolute atomic E-state index is 12.8. The summed E-state index contributed by atoms with van der Waals surface area (Å²) >= 11 is 0. The van der Waals surface area contributed by atoms with Crippen LogP contribution in [0.1, 0.15) is 34.1 Å². The van der Waals surface area contributed by atoms with Crippen molar-refractivity contribution in [1.29, 1.82) is 0 Å². The van der Waals surface area contributed by atoms with Gasteiger partial charge in [-0.1, -0.05) is 6.07 Å². The SMILES string of the molecule is Cc1nn(C)cc1[C@H]1OCC[C@@H]1NC(=O)c1cccc2[nH]ncc12. The number of nitrogens with one attached hydrogen (secondary N) is 2. The second-order valence-corrected chi connectivity index (χ2v) is 6.14. The lowest BCUT2D eigenvalue weighted by molar-refractivity contribution is 0.0820. The van der Waals surface area contributed by atoms with E-state index in [4.69, 9.17) is 4.74 Å². The molecule has 3 heterocycles. The summed E-state index contributed by atoms with van der Waals surface area (Å²) in [4.78, 5) is 12.8. The fourth-order valence-electron chi connectivity index (χ4n) is 3.35. The van der Waals surface area contributed by atoms with Crippen LogP contribution in [0.15, 0.2) is 30.6 Å². The van der Waals surface area contributed by atoms with E-state index in [1.165, 1.54) is 0 Å². The highest BCUT2D eigenvalue weighted by Gasteiger charge is 2.33. The van der Waals surface area contributed by atoms with Crippen molar-refractivity contribution < 1.29 is 9.53 Å². The Hall–Kier alpha value is -2.67. The van der Waals surface area contributed by atoms with Crippen LogP contribution in [-0.2, 0) is 11.8 Å². The van der Waals surface area contributed by atoms with Gasteiger partial charge in [0.25, 0.3) is 5.91 Å². The van der Waals surface area contributed by atoms with E-state index in [1.807, 2.05) is 38.4 Å². The number of nitrogens with zero attached hydrogens (tertiary/aromatic N) is 3. The molecule has 24 heavy (non-hydrogen) atoms. The summed E-state index contributed by atoms with van der Waals surface area (Å²) in [5.74, 6) is -0.107. The molecule has 7 nitrogen and oxygen atoms in total. The highest BCUT2D eigenvalue weighted by molar-refractivity contribution is 6.06. The van der Waals surface area contributed by atoms with Crippen molar-refractivity contribution in [3.8, 4) is 0 Å². The number of fused-ring (bicyclic) bond motifs is 1. The Labute approximate surface area is 139 Å². The van der Waals surface area contributed by atoms with Gasteiger partial charge in [-0.15, -0.1) is 0 Å². The van der Waals surface area contributed by atoms with Crippen molar-refractivity contribution in [2.24, 2.45) is 7.05 Å². The van der Waals surface area contributed by atoms with E-state index in [9.17, 15) is 4.79 Å². The summed E-state index contributed by atoms with van der Waals surface area (Å²) in [5.41, 5.74) is 3.43. The Morgan fingerprint density at radius 2 is 2.33 bits per heavy atom. The monoisotopic (exact) mass is 325 g/mol. The first-order chi connectivity index (χ1) is 11.6. The zero-order valence-corrected chi connectivity index (χ0v) is 13.6. The lowest BCUT2D eigenvalue weighted by Crippen LogP contribution is -2.37. The lowest BCUT2D eigenvalue weighted by Gasteiger charge is -2.19. The van der Waals surface area contributed by atoms with Crippen molar-refractivity contribution in [2.45, 2.75) is 25.5 Å². The molecule has 2 atom stereocenters. The number of hydrogen-bond acceptors (Lipinski definition) is 4. The van der Waals surface area contributed by atoms with Crippen LogP contribution in [0.2, 0.25) is 0 Å². The topological polar surface area (TPSA) is 84.8 Å². The van der Waals surface area contributed by atoms with Crippen LogP contribution >= 0.6 is 0 Å². The van der Waals surface area contributed by atoms with E-state index in [2.05, 4.69) is 20.6 Å². The maximum atomic E-state index is 12.8. The molecule has 1 amide bonds. The molecule has 0 spiro atoms.